The first-order valence-electron chi connectivity index (χ1n) is 9.59. The summed E-state index contributed by atoms with van der Waals surface area (Å²) < 4.78 is 39.2. The summed E-state index contributed by atoms with van der Waals surface area (Å²) in [6, 6.07) is 8.35. The van der Waals surface area contributed by atoms with Crippen molar-refractivity contribution < 1.29 is 13.2 Å². The van der Waals surface area contributed by atoms with E-state index in [1.54, 1.807) is 0 Å². The topological polar surface area (TPSA) is 15.3 Å². The Balaban J connectivity index is 1.69. The summed E-state index contributed by atoms with van der Waals surface area (Å²) in [7, 11) is 0. The zero-order valence-electron chi connectivity index (χ0n) is 15.2. The van der Waals surface area contributed by atoms with Crippen LogP contribution in [0, 0.1) is 0 Å². The molecule has 28 heavy (non-hydrogen) atoms. The number of anilines is 1. The number of piperidine rings is 1. The van der Waals surface area contributed by atoms with Gasteiger partial charge in [-0.1, -0.05) is 23.7 Å². The summed E-state index contributed by atoms with van der Waals surface area (Å²) in [6.07, 6.45) is -2.16. The molecule has 0 bridgehead atoms. The quantitative estimate of drug-likeness (QED) is 0.624. The first kappa shape index (κ1) is 18.6. The molecule has 0 aliphatic carbocycles. The van der Waals surface area contributed by atoms with Gasteiger partial charge in [-0.25, -0.2) is 0 Å². The number of thioether (sulfide) groups is 1. The van der Waals surface area contributed by atoms with Gasteiger partial charge in [-0.3, -0.25) is 0 Å². The van der Waals surface area contributed by atoms with Crippen molar-refractivity contribution in [1.82, 2.24) is 5.32 Å². The molecular formula is C21H20ClF3N2S. The molecule has 3 heterocycles. The molecule has 2 aromatic rings. The van der Waals surface area contributed by atoms with E-state index in [0.717, 1.165) is 55.9 Å². The molecule has 0 saturated carbocycles. The molecule has 2 atom stereocenters. The number of benzene rings is 2. The maximum atomic E-state index is 13.1. The fraction of sp³-hybridized carbons (Fsp3) is 0.429. The Labute approximate surface area is 171 Å². The van der Waals surface area contributed by atoms with E-state index in [1.165, 1.54) is 22.2 Å². The normalized spacial score (nSPS) is 23.9. The number of fused-ring (bicyclic) bond motifs is 3. The first-order valence-corrected chi connectivity index (χ1v) is 11.0. The van der Waals surface area contributed by atoms with Gasteiger partial charge in [0.2, 0.25) is 0 Å². The highest BCUT2D eigenvalue weighted by Gasteiger charge is 2.43. The molecule has 3 aliphatic rings. The highest BCUT2D eigenvalue weighted by Crippen LogP contribution is 2.53. The molecule has 148 valence electrons. The Morgan fingerprint density at radius 3 is 2.75 bits per heavy atom. The SMILES string of the molecule is FC(F)(F)c1ccc(-c2ccc3c4c2[C@@H]2CNCC[C@@H]2N4CCCS3)c(Cl)c1. The van der Waals surface area contributed by atoms with Crippen LogP contribution in [0.3, 0.4) is 0 Å². The van der Waals surface area contributed by atoms with Gasteiger partial charge in [-0.05, 0) is 54.5 Å². The third-order valence-electron chi connectivity index (χ3n) is 6.07. The van der Waals surface area contributed by atoms with Crippen LogP contribution in [0.2, 0.25) is 5.02 Å². The molecule has 1 N–H and O–H groups in total. The van der Waals surface area contributed by atoms with Crippen LogP contribution >= 0.6 is 23.4 Å². The van der Waals surface area contributed by atoms with E-state index >= 15 is 0 Å². The summed E-state index contributed by atoms with van der Waals surface area (Å²) in [5, 5.41) is 3.66. The van der Waals surface area contributed by atoms with Gasteiger partial charge in [0, 0.05) is 40.5 Å². The molecule has 3 aliphatic heterocycles. The molecule has 0 unspecified atom stereocenters. The fourth-order valence-electron chi connectivity index (χ4n) is 4.89. The van der Waals surface area contributed by atoms with Gasteiger partial charge in [0.15, 0.2) is 0 Å². The van der Waals surface area contributed by atoms with Gasteiger partial charge < -0.3 is 10.2 Å². The second-order valence-electron chi connectivity index (χ2n) is 7.63. The lowest BCUT2D eigenvalue weighted by atomic mass is 9.85. The molecule has 1 saturated heterocycles. The van der Waals surface area contributed by atoms with Crippen LogP contribution in [0.15, 0.2) is 35.2 Å². The first-order chi connectivity index (χ1) is 13.4. The van der Waals surface area contributed by atoms with Crippen molar-refractivity contribution in [2.75, 3.05) is 30.3 Å². The minimum Gasteiger partial charge on any atom is -0.367 e. The van der Waals surface area contributed by atoms with Gasteiger partial charge in [-0.15, -0.1) is 11.8 Å². The summed E-state index contributed by atoms with van der Waals surface area (Å²) in [6.45, 7) is 2.94. The number of rotatable bonds is 1. The summed E-state index contributed by atoms with van der Waals surface area (Å²) >= 11 is 8.25. The summed E-state index contributed by atoms with van der Waals surface area (Å²) in [5.41, 5.74) is 3.50. The van der Waals surface area contributed by atoms with Crippen molar-refractivity contribution in [3.8, 4) is 11.1 Å². The maximum Gasteiger partial charge on any atom is 0.416 e. The number of nitrogens with zero attached hydrogens (tertiary/aromatic N) is 1. The standard InChI is InChI=1S/C21H20ClF3N2S/c22-16-10-12(21(23,24)25)2-3-13(16)14-4-5-18-20-19(14)15-11-26-7-6-17(15)27(20)8-1-9-28-18/h2-5,10,15,17,26H,1,6-9,11H2/t15-,17+/m1/s1. The van der Waals surface area contributed by atoms with E-state index in [-0.39, 0.29) is 5.02 Å². The van der Waals surface area contributed by atoms with Gasteiger partial charge in [0.05, 0.1) is 11.3 Å². The minimum absolute atomic E-state index is 0.158. The Hall–Kier alpha value is -1.37. The van der Waals surface area contributed by atoms with E-state index < -0.39 is 11.7 Å². The second kappa shape index (κ2) is 6.85. The van der Waals surface area contributed by atoms with E-state index in [9.17, 15) is 13.2 Å². The van der Waals surface area contributed by atoms with Crippen LogP contribution in [0.4, 0.5) is 18.9 Å². The number of alkyl halides is 3. The molecule has 0 aromatic heterocycles. The van der Waals surface area contributed by atoms with Crippen molar-refractivity contribution in [1.29, 1.82) is 0 Å². The monoisotopic (exact) mass is 424 g/mol. The minimum atomic E-state index is -4.39. The lowest BCUT2D eigenvalue weighted by Gasteiger charge is -2.33. The molecule has 2 aromatic carbocycles. The molecule has 5 rings (SSSR count). The molecule has 1 fully saturated rings. The molecule has 0 spiro atoms. The zero-order chi connectivity index (χ0) is 19.5. The Morgan fingerprint density at radius 1 is 1.14 bits per heavy atom. The van der Waals surface area contributed by atoms with E-state index in [0.29, 0.717) is 17.5 Å². The van der Waals surface area contributed by atoms with Crippen LogP contribution < -0.4 is 10.2 Å². The highest BCUT2D eigenvalue weighted by atomic mass is 35.5. The molecule has 0 amide bonds. The fourth-order valence-corrected chi connectivity index (χ4v) is 6.20. The summed E-state index contributed by atoms with van der Waals surface area (Å²) in [5.74, 6) is 1.44. The van der Waals surface area contributed by atoms with Crippen LogP contribution in [0.5, 0.6) is 0 Å². The van der Waals surface area contributed by atoms with Gasteiger partial charge in [0.1, 0.15) is 0 Å². The number of hydrogen-bond acceptors (Lipinski definition) is 3. The maximum absolute atomic E-state index is 13.1. The van der Waals surface area contributed by atoms with Gasteiger partial charge in [0.25, 0.3) is 0 Å². The summed E-state index contributed by atoms with van der Waals surface area (Å²) in [4.78, 5) is 3.84. The van der Waals surface area contributed by atoms with Crippen molar-refractivity contribution in [2.24, 2.45) is 0 Å². The highest BCUT2D eigenvalue weighted by molar-refractivity contribution is 7.99. The molecule has 0 radical (unpaired) electrons. The predicted octanol–water partition coefficient (Wildman–Crippen LogP) is 5.79. The van der Waals surface area contributed by atoms with Crippen molar-refractivity contribution in [3.63, 3.8) is 0 Å². The van der Waals surface area contributed by atoms with Crippen LogP contribution in [-0.4, -0.2) is 31.4 Å². The molecule has 2 nitrogen and oxygen atoms in total. The third-order valence-corrected chi connectivity index (χ3v) is 7.52. The second-order valence-corrected chi connectivity index (χ2v) is 9.17. The lowest BCUT2D eigenvalue weighted by molar-refractivity contribution is -0.137. The van der Waals surface area contributed by atoms with Gasteiger partial charge >= 0.3 is 6.18 Å². The average Bonchev–Trinajstić information content (AvgIpc) is 2.84. The van der Waals surface area contributed by atoms with Crippen LogP contribution in [-0.2, 0) is 6.18 Å². The van der Waals surface area contributed by atoms with E-state index in [2.05, 4.69) is 22.3 Å². The number of halogens is 4. The average molecular weight is 425 g/mol. The van der Waals surface area contributed by atoms with E-state index in [1.807, 2.05) is 11.8 Å². The number of hydrogen-bond donors (Lipinski definition) is 1. The zero-order valence-corrected chi connectivity index (χ0v) is 16.7. The van der Waals surface area contributed by atoms with Crippen LogP contribution in [0.25, 0.3) is 11.1 Å². The van der Waals surface area contributed by atoms with Crippen LogP contribution in [0.1, 0.15) is 29.9 Å². The van der Waals surface area contributed by atoms with Crippen molar-refractivity contribution >= 4 is 29.1 Å². The van der Waals surface area contributed by atoms with E-state index in [4.69, 9.17) is 11.6 Å². The largest absolute Gasteiger partial charge is 0.416 e. The molecular weight excluding hydrogens is 405 g/mol. The van der Waals surface area contributed by atoms with Gasteiger partial charge in [-0.2, -0.15) is 13.2 Å². The Bertz CT molecular complexity index is 931. The smallest absolute Gasteiger partial charge is 0.367 e. The Kier molecular flexibility index (Phi) is 4.56. The molecule has 7 heteroatoms. The predicted molar refractivity (Wildman–Crippen MR) is 109 cm³/mol. The van der Waals surface area contributed by atoms with Crippen molar-refractivity contribution in [3.05, 3.63) is 46.5 Å². The van der Waals surface area contributed by atoms with Crippen molar-refractivity contribution in [2.45, 2.75) is 35.9 Å². The Morgan fingerprint density at radius 2 is 1.96 bits per heavy atom. The number of nitrogens with one attached hydrogen (secondary N) is 1. The third kappa shape index (κ3) is 2.92. The lowest BCUT2D eigenvalue weighted by Crippen LogP contribution is -2.44.